The summed E-state index contributed by atoms with van der Waals surface area (Å²) in [5.74, 6) is 1.56. The molecule has 3 aromatic rings. The van der Waals surface area contributed by atoms with Gasteiger partial charge in [-0.05, 0) is 10.8 Å². The van der Waals surface area contributed by atoms with Crippen molar-refractivity contribution in [2.24, 2.45) is 0 Å². The number of nitrogens with one attached hydrogen (secondary N) is 1. The summed E-state index contributed by atoms with van der Waals surface area (Å²) in [5.41, 5.74) is 1.08. The van der Waals surface area contributed by atoms with E-state index in [9.17, 15) is 0 Å². The smallest absolute Gasteiger partial charge is 0.245 e. The second kappa shape index (κ2) is 5.18. The Morgan fingerprint density at radius 1 is 1.00 bits per heavy atom. The highest BCUT2D eigenvalue weighted by molar-refractivity contribution is 5.95. The molecule has 5 heteroatoms. The minimum Gasteiger partial charge on any atom is -0.378 e. The standard InChI is InChI=1S/C16H16N4O/c1-2-6-13-12(4-1)5-3-7-14(13)15-17-16(19-18-15)20-8-10-21-11-9-20/h1-7H,8-11H2,(H,17,18,19). The zero-order chi connectivity index (χ0) is 14.1. The summed E-state index contributed by atoms with van der Waals surface area (Å²) in [6, 6.07) is 14.6. The van der Waals surface area contributed by atoms with Gasteiger partial charge in [0, 0.05) is 18.7 Å². The number of fused-ring (bicyclic) bond motifs is 1. The molecule has 1 aliphatic rings. The van der Waals surface area contributed by atoms with Gasteiger partial charge in [-0.2, -0.15) is 4.98 Å². The van der Waals surface area contributed by atoms with Crippen LogP contribution in [0.15, 0.2) is 42.5 Å². The molecule has 4 rings (SSSR count). The third kappa shape index (κ3) is 2.25. The minimum absolute atomic E-state index is 0.734. The molecule has 106 valence electrons. The highest BCUT2D eigenvalue weighted by Gasteiger charge is 2.16. The summed E-state index contributed by atoms with van der Waals surface area (Å²) in [7, 11) is 0. The van der Waals surface area contributed by atoms with E-state index in [1.165, 1.54) is 10.8 Å². The number of ether oxygens (including phenoxy) is 1. The van der Waals surface area contributed by atoms with Crippen molar-refractivity contribution in [3.05, 3.63) is 42.5 Å². The molecule has 1 N–H and O–H groups in total. The van der Waals surface area contributed by atoms with E-state index in [4.69, 9.17) is 4.74 Å². The SMILES string of the molecule is c1ccc2c(-c3nc(N4CCOCC4)n[nH]3)cccc2c1. The van der Waals surface area contributed by atoms with E-state index in [0.717, 1.165) is 43.6 Å². The fraction of sp³-hybridized carbons (Fsp3) is 0.250. The van der Waals surface area contributed by atoms with Crippen molar-refractivity contribution < 1.29 is 4.74 Å². The molecule has 1 aliphatic heterocycles. The van der Waals surface area contributed by atoms with Crippen molar-refractivity contribution in [2.45, 2.75) is 0 Å². The molecule has 2 heterocycles. The zero-order valence-corrected chi connectivity index (χ0v) is 11.6. The second-order valence-corrected chi connectivity index (χ2v) is 5.11. The molecule has 0 unspecified atom stereocenters. The van der Waals surface area contributed by atoms with Gasteiger partial charge in [-0.3, -0.25) is 5.10 Å². The van der Waals surface area contributed by atoms with Gasteiger partial charge in [-0.15, -0.1) is 5.10 Å². The molecule has 0 aliphatic carbocycles. The second-order valence-electron chi connectivity index (χ2n) is 5.11. The number of anilines is 1. The molecule has 0 amide bonds. The molecule has 0 atom stereocenters. The Hall–Kier alpha value is -2.40. The van der Waals surface area contributed by atoms with E-state index in [2.05, 4.69) is 50.4 Å². The normalized spacial score (nSPS) is 15.5. The lowest BCUT2D eigenvalue weighted by Crippen LogP contribution is -2.36. The van der Waals surface area contributed by atoms with Gasteiger partial charge in [0.2, 0.25) is 5.95 Å². The van der Waals surface area contributed by atoms with Gasteiger partial charge in [0.1, 0.15) is 0 Å². The van der Waals surface area contributed by atoms with Crippen LogP contribution in [-0.4, -0.2) is 41.5 Å². The molecule has 0 spiro atoms. The van der Waals surface area contributed by atoms with Crippen LogP contribution in [0.2, 0.25) is 0 Å². The molecule has 21 heavy (non-hydrogen) atoms. The van der Waals surface area contributed by atoms with Gasteiger partial charge < -0.3 is 9.64 Å². The Balaban J connectivity index is 1.74. The van der Waals surface area contributed by atoms with E-state index in [-0.39, 0.29) is 0 Å². The summed E-state index contributed by atoms with van der Waals surface area (Å²) < 4.78 is 5.36. The maximum Gasteiger partial charge on any atom is 0.245 e. The number of aromatic amines is 1. The summed E-state index contributed by atoms with van der Waals surface area (Å²) in [5, 5.41) is 9.82. The number of nitrogens with zero attached hydrogens (tertiary/aromatic N) is 3. The van der Waals surface area contributed by atoms with Gasteiger partial charge in [0.15, 0.2) is 5.82 Å². The van der Waals surface area contributed by atoms with E-state index in [1.54, 1.807) is 0 Å². The van der Waals surface area contributed by atoms with Crippen LogP contribution in [0.1, 0.15) is 0 Å². The lowest BCUT2D eigenvalue weighted by atomic mass is 10.0. The van der Waals surface area contributed by atoms with Crippen LogP contribution in [0, 0.1) is 0 Å². The number of hydrogen-bond donors (Lipinski definition) is 1. The molecule has 1 saturated heterocycles. The maximum atomic E-state index is 5.36. The Morgan fingerprint density at radius 2 is 1.81 bits per heavy atom. The fourth-order valence-electron chi connectivity index (χ4n) is 2.71. The molecule has 0 bridgehead atoms. The average molecular weight is 280 g/mol. The highest BCUT2D eigenvalue weighted by atomic mass is 16.5. The number of benzene rings is 2. The van der Waals surface area contributed by atoms with Crippen molar-refractivity contribution in [3.63, 3.8) is 0 Å². The van der Waals surface area contributed by atoms with E-state index < -0.39 is 0 Å². The first-order valence-corrected chi connectivity index (χ1v) is 7.15. The lowest BCUT2D eigenvalue weighted by Gasteiger charge is -2.25. The number of aromatic nitrogens is 3. The first-order chi connectivity index (χ1) is 10.4. The quantitative estimate of drug-likeness (QED) is 0.783. The average Bonchev–Trinajstić information content (AvgIpc) is 3.05. The fourth-order valence-corrected chi connectivity index (χ4v) is 2.71. The minimum atomic E-state index is 0.734. The van der Waals surface area contributed by atoms with Gasteiger partial charge in [0.05, 0.1) is 13.2 Å². The van der Waals surface area contributed by atoms with Crippen molar-refractivity contribution in [3.8, 4) is 11.4 Å². The monoisotopic (exact) mass is 280 g/mol. The van der Waals surface area contributed by atoms with Gasteiger partial charge >= 0.3 is 0 Å². The van der Waals surface area contributed by atoms with Crippen LogP contribution in [-0.2, 0) is 4.74 Å². The summed E-state index contributed by atoms with van der Waals surface area (Å²) >= 11 is 0. The Labute approximate surface area is 122 Å². The van der Waals surface area contributed by atoms with Crippen LogP contribution < -0.4 is 4.90 Å². The Morgan fingerprint density at radius 3 is 2.71 bits per heavy atom. The first kappa shape index (κ1) is 12.3. The predicted octanol–water partition coefficient (Wildman–Crippen LogP) is 2.46. The molecule has 0 saturated carbocycles. The van der Waals surface area contributed by atoms with Crippen molar-refractivity contribution >= 4 is 16.7 Å². The van der Waals surface area contributed by atoms with Crippen LogP contribution in [0.25, 0.3) is 22.2 Å². The Bertz CT molecular complexity index is 756. The number of H-pyrrole nitrogens is 1. The molecular weight excluding hydrogens is 264 g/mol. The van der Waals surface area contributed by atoms with Crippen LogP contribution in [0.5, 0.6) is 0 Å². The van der Waals surface area contributed by atoms with Crippen LogP contribution in [0.3, 0.4) is 0 Å². The number of morpholine rings is 1. The molecule has 1 fully saturated rings. The number of rotatable bonds is 2. The topological polar surface area (TPSA) is 54.0 Å². The van der Waals surface area contributed by atoms with Gasteiger partial charge in [-0.1, -0.05) is 42.5 Å². The highest BCUT2D eigenvalue weighted by Crippen LogP contribution is 2.27. The molecule has 2 aromatic carbocycles. The van der Waals surface area contributed by atoms with E-state index in [0.29, 0.717) is 0 Å². The summed E-state index contributed by atoms with van der Waals surface area (Å²) in [6.45, 7) is 3.15. The number of hydrogen-bond acceptors (Lipinski definition) is 4. The van der Waals surface area contributed by atoms with E-state index in [1.807, 2.05) is 12.1 Å². The molecule has 0 radical (unpaired) electrons. The molecule has 1 aromatic heterocycles. The van der Waals surface area contributed by atoms with Gasteiger partial charge in [-0.25, -0.2) is 0 Å². The summed E-state index contributed by atoms with van der Waals surface area (Å²) in [6.07, 6.45) is 0. The maximum absolute atomic E-state index is 5.36. The molecular formula is C16H16N4O. The third-order valence-electron chi connectivity index (χ3n) is 3.81. The summed E-state index contributed by atoms with van der Waals surface area (Å²) in [4.78, 5) is 6.81. The largest absolute Gasteiger partial charge is 0.378 e. The van der Waals surface area contributed by atoms with Crippen molar-refractivity contribution in [1.29, 1.82) is 0 Å². The zero-order valence-electron chi connectivity index (χ0n) is 11.6. The first-order valence-electron chi connectivity index (χ1n) is 7.15. The van der Waals surface area contributed by atoms with Gasteiger partial charge in [0.25, 0.3) is 0 Å². The van der Waals surface area contributed by atoms with Crippen molar-refractivity contribution in [1.82, 2.24) is 15.2 Å². The van der Waals surface area contributed by atoms with E-state index >= 15 is 0 Å². The molecule has 5 nitrogen and oxygen atoms in total. The van der Waals surface area contributed by atoms with Crippen LogP contribution >= 0.6 is 0 Å². The predicted molar refractivity (Wildman–Crippen MR) is 82.4 cm³/mol. The lowest BCUT2D eigenvalue weighted by molar-refractivity contribution is 0.122. The van der Waals surface area contributed by atoms with Crippen molar-refractivity contribution in [2.75, 3.05) is 31.2 Å². The Kier molecular flexibility index (Phi) is 3.05. The van der Waals surface area contributed by atoms with Crippen LogP contribution in [0.4, 0.5) is 5.95 Å². The third-order valence-corrected chi connectivity index (χ3v) is 3.81.